The summed E-state index contributed by atoms with van der Waals surface area (Å²) < 4.78 is 1.85. The third-order valence-corrected chi connectivity index (χ3v) is 4.65. The maximum absolute atomic E-state index is 12.3. The molecule has 2 aromatic rings. The summed E-state index contributed by atoms with van der Waals surface area (Å²) in [6.07, 6.45) is 8.11. The van der Waals surface area contributed by atoms with Gasteiger partial charge in [-0.25, -0.2) is 4.98 Å². The third kappa shape index (κ3) is 2.65. The van der Waals surface area contributed by atoms with Crippen LogP contribution < -0.4 is 10.2 Å². The molecule has 1 unspecified atom stereocenters. The Hall–Kier alpha value is -2.11. The van der Waals surface area contributed by atoms with Crippen molar-refractivity contribution in [2.24, 2.45) is 11.8 Å². The van der Waals surface area contributed by atoms with E-state index in [0.29, 0.717) is 0 Å². The number of carbonyl (C=O) groups is 1. The molecule has 0 radical (unpaired) electrons. The number of carbonyl (C=O) groups excluding carboxylic acids is 1. The van der Waals surface area contributed by atoms with E-state index in [1.165, 1.54) is 12.8 Å². The number of anilines is 1. The van der Waals surface area contributed by atoms with E-state index in [-0.39, 0.29) is 11.8 Å². The van der Waals surface area contributed by atoms with Crippen molar-refractivity contribution in [1.29, 1.82) is 0 Å². The van der Waals surface area contributed by atoms with Crippen molar-refractivity contribution in [3.05, 3.63) is 24.5 Å². The molecule has 1 aliphatic heterocycles. The van der Waals surface area contributed by atoms with Crippen molar-refractivity contribution in [1.82, 2.24) is 19.9 Å². The van der Waals surface area contributed by atoms with E-state index in [0.717, 1.165) is 49.9 Å². The molecular weight excluding hydrogens is 278 g/mol. The Labute approximate surface area is 129 Å². The van der Waals surface area contributed by atoms with E-state index < -0.39 is 0 Å². The summed E-state index contributed by atoms with van der Waals surface area (Å²) >= 11 is 0. The zero-order chi connectivity index (χ0) is 14.9. The third-order valence-electron chi connectivity index (χ3n) is 4.65. The molecule has 1 N–H and O–H groups in total. The highest BCUT2D eigenvalue weighted by Gasteiger charge is 2.28. The van der Waals surface area contributed by atoms with E-state index in [1.54, 1.807) is 6.20 Å². The molecule has 0 spiro atoms. The van der Waals surface area contributed by atoms with E-state index in [9.17, 15) is 4.79 Å². The molecule has 116 valence electrons. The van der Waals surface area contributed by atoms with Crippen LogP contribution in [0.1, 0.15) is 25.7 Å². The van der Waals surface area contributed by atoms with Crippen LogP contribution in [0.15, 0.2) is 24.5 Å². The van der Waals surface area contributed by atoms with Gasteiger partial charge >= 0.3 is 0 Å². The van der Waals surface area contributed by atoms with Gasteiger partial charge in [-0.3, -0.25) is 4.79 Å². The van der Waals surface area contributed by atoms with Crippen molar-refractivity contribution in [3.63, 3.8) is 0 Å². The number of aromatic nitrogens is 3. The molecule has 22 heavy (non-hydrogen) atoms. The van der Waals surface area contributed by atoms with Gasteiger partial charge < -0.3 is 10.2 Å². The van der Waals surface area contributed by atoms with E-state index in [1.807, 2.05) is 22.8 Å². The Morgan fingerprint density at radius 1 is 1.27 bits per heavy atom. The number of fused-ring (bicyclic) bond motifs is 1. The predicted molar refractivity (Wildman–Crippen MR) is 83.7 cm³/mol. The summed E-state index contributed by atoms with van der Waals surface area (Å²) in [6, 6.07) is 3.87. The first-order valence-electron chi connectivity index (χ1n) is 8.12. The number of amides is 1. The fourth-order valence-corrected chi connectivity index (χ4v) is 3.17. The monoisotopic (exact) mass is 299 g/mol. The topological polar surface area (TPSA) is 62.5 Å². The molecule has 0 bridgehead atoms. The first-order valence-corrected chi connectivity index (χ1v) is 8.12. The first kappa shape index (κ1) is 13.5. The normalized spacial score (nSPS) is 22.0. The molecule has 6 nitrogen and oxygen atoms in total. The van der Waals surface area contributed by atoms with Crippen molar-refractivity contribution < 1.29 is 4.79 Å². The lowest BCUT2D eigenvalue weighted by Crippen LogP contribution is -2.44. The minimum Gasteiger partial charge on any atom is -0.356 e. The lowest BCUT2D eigenvalue weighted by molar-refractivity contribution is -0.125. The molecule has 1 saturated carbocycles. The van der Waals surface area contributed by atoms with Crippen molar-refractivity contribution in [3.8, 4) is 0 Å². The van der Waals surface area contributed by atoms with Gasteiger partial charge in [-0.2, -0.15) is 9.61 Å². The maximum Gasteiger partial charge on any atom is 0.224 e. The zero-order valence-electron chi connectivity index (χ0n) is 12.6. The molecule has 0 aromatic carbocycles. The highest BCUT2D eigenvalue weighted by molar-refractivity contribution is 5.79. The van der Waals surface area contributed by atoms with Gasteiger partial charge in [0.25, 0.3) is 0 Å². The van der Waals surface area contributed by atoms with Crippen LogP contribution in [0.4, 0.5) is 5.82 Å². The molecule has 3 heterocycles. The number of piperidine rings is 1. The van der Waals surface area contributed by atoms with Crippen LogP contribution in [-0.4, -0.2) is 40.1 Å². The standard InChI is InChI=1S/C16H21N5O/c22-16(18-10-12-3-4-12)13-2-1-9-20(11-13)15-6-7-17-14-5-8-19-21(14)15/h5-8,12-13H,1-4,9-11H2,(H,18,22). The average molecular weight is 299 g/mol. The van der Waals surface area contributed by atoms with Crippen LogP contribution in [0.5, 0.6) is 0 Å². The van der Waals surface area contributed by atoms with Crippen LogP contribution in [0.2, 0.25) is 0 Å². The van der Waals surface area contributed by atoms with Gasteiger partial charge in [-0.1, -0.05) is 0 Å². The largest absolute Gasteiger partial charge is 0.356 e. The highest BCUT2D eigenvalue weighted by Crippen LogP contribution is 2.28. The molecule has 1 amide bonds. The minimum atomic E-state index is 0.0753. The number of hydrogen-bond acceptors (Lipinski definition) is 4. The highest BCUT2D eigenvalue weighted by atomic mass is 16.1. The predicted octanol–water partition coefficient (Wildman–Crippen LogP) is 1.47. The summed E-state index contributed by atoms with van der Waals surface area (Å²) in [4.78, 5) is 18.9. The molecule has 4 rings (SSSR count). The lowest BCUT2D eigenvalue weighted by Gasteiger charge is -2.33. The Kier molecular flexibility index (Phi) is 3.44. The Bertz CT molecular complexity index is 678. The van der Waals surface area contributed by atoms with Gasteiger partial charge in [-0.05, 0) is 37.7 Å². The van der Waals surface area contributed by atoms with Gasteiger partial charge in [0, 0.05) is 31.9 Å². The van der Waals surface area contributed by atoms with Crippen molar-refractivity contribution >= 4 is 17.4 Å². The van der Waals surface area contributed by atoms with Crippen LogP contribution >= 0.6 is 0 Å². The maximum atomic E-state index is 12.3. The lowest BCUT2D eigenvalue weighted by atomic mass is 9.97. The fraction of sp³-hybridized carbons (Fsp3) is 0.562. The average Bonchev–Trinajstić information content (AvgIpc) is 3.27. The van der Waals surface area contributed by atoms with Gasteiger partial charge in [0.15, 0.2) is 5.65 Å². The summed E-state index contributed by atoms with van der Waals surface area (Å²) in [5.41, 5.74) is 0.845. The molecule has 1 aliphatic carbocycles. The molecule has 2 fully saturated rings. The molecule has 6 heteroatoms. The number of rotatable bonds is 4. The smallest absolute Gasteiger partial charge is 0.224 e. The van der Waals surface area contributed by atoms with E-state index in [4.69, 9.17) is 0 Å². The van der Waals surface area contributed by atoms with Crippen molar-refractivity contribution in [2.45, 2.75) is 25.7 Å². The fourth-order valence-electron chi connectivity index (χ4n) is 3.17. The number of nitrogens with one attached hydrogen (secondary N) is 1. The van der Waals surface area contributed by atoms with Crippen LogP contribution in [0.3, 0.4) is 0 Å². The molecule has 2 aliphatic rings. The van der Waals surface area contributed by atoms with Gasteiger partial charge in [0.05, 0.1) is 12.1 Å². The Morgan fingerprint density at radius 3 is 3.05 bits per heavy atom. The first-order chi connectivity index (χ1) is 10.8. The summed E-state index contributed by atoms with van der Waals surface area (Å²) in [5.74, 6) is 2.04. The second kappa shape index (κ2) is 5.59. The van der Waals surface area contributed by atoms with Gasteiger partial charge in [0.1, 0.15) is 5.82 Å². The number of hydrogen-bond donors (Lipinski definition) is 1. The summed E-state index contributed by atoms with van der Waals surface area (Å²) in [6.45, 7) is 2.58. The van der Waals surface area contributed by atoms with Crippen LogP contribution in [0.25, 0.3) is 5.65 Å². The second-order valence-electron chi connectivity index (χ2n) is 6.38. The van der Waals surface area contributed by atoms with E-state index in [2.05, 4.69) is 20.3 Å². The SMILES string of the molecule is O=C(NCC1CC1)C1CCCN(c2ccnc3ccnn23)C1. The van der Waals surface area contributed by atoms with E-state index >= 15 is 0 Å². The Balaban J connectivity index is 1.48. The minimum absolute atomic E-state index is 0.0753. The van der Waals surface area contributed by atoms with Gasteiger partial charge in [-0.15, -0.1) is 0 Å². The summed E-state index contributed by atoms with van der Waals surface area (Å²) in [5, 5.41) is 7.46. The van der Waals surface area contributed by atoms with Gasteiger partial charge in [0.2, 0.25) is 5.91 Å². The van der Waals surface area contributed by atoms with Crippen LogP contribution in [0, 0.1) is 11.8 Å². The zero-order valence-corrected chi connectivity index (χ0v) is 12.6. The quantitative estimate of drug-likeness (QED) is 0.928. The van der Waals surface area contributed by atoms with Crippen LogP contribution in [-0.2, 0) is 4.79 Å². The molecular formula is C16H21N5O. The Morgan fingerprint density at radius 2 is 2.18 bits per heavy atom. The molecule has 1 atom stereocenters. The molecule has 1 saturated heterocycles. The number of nitrogens with zero attached hydrogens (tertiary/aromatic N) is 4. The second-order valence-corrected chi connectivity index (χ2v) is 6.38. The van der Waals surface area contributed by atoms with Crippen molar-refractivity contribution in [2.75, 3.05) is 24.5 Å². The summed E-state index contributed by atoms with van der Waals surface area (Å²) in [7, 11) is 0. The molecule has 2 aromatic heterocycles.